The molecular weight excluding hydrogens is 244 g/mol. The molecule has 2 aromatic heterocycles. The Bertz CT molecular complexity index is 574. The van der Waals surface area contributed by atoms with Crippen molar-refractivity contribution < 1.29 is 4.79 Å². The molecule has 2 rings (SSSR count). The van der Waals surface area contributed by atoms with E-state index in [-0.39, 0.29) is 11.5 Å². The first-order chi connectivity index (χ1) is 9.25. The van der Waals surface area contributed by atoms with Crippen LogP contribution in [0.4, 0.5) is 0 Å². The summed E-state index contributed by atoms with van der Waals surface area (Å²) in [5, 5.41) is 2.77. The first kappa shape index (κ1) is 13.1. The summed E-state index contributed by atoms with van der Waals surface area (Å²) in [5.41, 5.74) is 0.0230. The lowest BCUT2D eigenvalue weighted by Crippen LogP contribution is -2.27. The van der Waals surface area contributed by atoms with Crippen molar-refractivity contribution in [1.82, 2.24) is 19.9 Å². The molecule has 6 heteroatoms. The van der Waals surface area contributed by atoms with Crippen molar-refractivity contribution in [3.8, 4) is 0 Å². The number of H-pyrrole nitrogens is 1. The highest BCUT2D eigenvalue weighted by molar-refractivity contribution is 5.92. The number of aromatic nitrogens is 3. The lowest BCUT2D eigenvalue weighted by molar-refractivity contribution is 0.0947. The number of nitrogens with zero attached hydrogens (tertiary/aromatic N) is 2. The number of carbonyl (C=O) groups is 1. The van der Waals surface area contributed by atoms with Crippen LogP contribution in [0.3, 0.4) is 0 Å². The average molecular weight is 260 g/mol. The first-order valence-corrected chi connectivity index (χ1v) is 6.19. The molecule has 100 valence electrons. The third-order valence-electron chi connectivity index (χ3n) is 2.70. The van der Waals surface area contributed by atoms with Crippen LogP contribution in [0, 0.1) is 0 Å². The van der Waals surface area contributed by atoms with Crippen molar-refractivity contribution in [2.24, 2.45) is 0 Å². The highest BCUT2D eigenvalue weighted by Crippen LogP contribution is 1.95. The van der Waals surface area contributed by atoms with Crippen molar-refractivity contribution in [1.29, 1.82) is 0 Å². The van der Waals surface area contributed by atoms with Gasteiger partial charge in [0.05, 0.1) is 6.33 Å². The number of hydrogen-bond acceptors (Lipinski definition) is 3. The molecule has 0 unspecified atom stereocenters. The van der Waals surface area contributed by atoms with Gasteiger partial charge in [-0.25, -0.2) is 4.98 Å². The van der Waals surface area contributed by atoms with Crippen molar-refractivity contribution in [3.63, 3.8) is 0 Å². The number of imidazole rings is 1. The smallest absolute Gasteiger partial charge is 0.267 e. The molecule has 2 heterocycles. The average Bonchev–Trinajstić information content (AvgIpc) is 2.91. The second kappa shape index (κ2) is 6.53. The largest absolute Gasteiger partial charge is 0.351 e. The lowest BCUT2D eigenvalue weighted by atomic mass is 10.3. The van der Waals surface area contributed by atoms with Crippen LogP contribution in [0.15, 0.2) is 41.7 Å². The third kappa shape index (κ3) is 4.09. The fourth-order valence-corrected chi connectivity index (χ4v) is 1.72. The van der Waals surface area contributed by atoms with E-state index >= 15 is 0 Å². The topological polar surface area (TPSA) is 79.8 Å². The Hall–Kier alpha value is -2.37. The zero-order valence-electron chi connectivity index (χ0n) is 10.5. The number of nitrogens with one attached hydrogen (secondary N) is 2. The van der Waals surface area contributed by atoms with E-state index in [1.54, 1.807) is 24.7 Å². The van der Waals surface area contributed by atoms with Gasteiger partial charge < -0.3 is 14.9 Å². The van der Waals surface area contributed by atoms with E-state index in [0.29, 0.717) is 12.2 Å². The maximum atomic E-state index is 11.7. The molecule has 0 spiro atoms. The van der Waals surface area contributed by atoms with Gasteiger partial charge in [0.2, 0.25) is 5.56 Å². The Morgan fingerprint density at radius 2 is 2.26 bits per heavy atom. The molecule has 1 amide bonds. The van der Waals surface area contributed by atoms with E-state index in [1.807, 2.05) is 10.8 Å². The van der Waals surface area contributed by atoms with Crippen molar-refractivity contribution >= 4 is 5.91 Å². The summed E-state index contributed by atoms with van der Waals surface area (Å²) in [6.07, 6.45) is 7.26. The highest BCUT2D eigenvalue weighted by Gasteiger charge is 2.04. The number of pyridine rings is 1. The van der Waals surface area contributed by atoms with Crippen LogP contribution in [0.1, 0.15) is 23.3 Å². The zero-order chi connectivity index (χ0) is 13.5. The Morgan fingerprint density at radius 3 is 3.00 bits per heavy atom. The quantitative estimate of drug-likeness (QED) is 0.753. The standard InChI is InChI=1S/C13H16N4O2/c18-12-5-3-4-11(16-12)13(19)15-6-1-2-8-17-9-7-14-10-17/h3-5,7,9-10H,1-2,6,8H2,(H,15,19)(H,16,18). The highest BCUT2D eigenvalue weighted by atomic mass is 16.2. The summed E-state index contributed by atoms with van der Waals surface area (Å²) in [4.78, 5) is 29.2. The molecule has 0 radical (unpaired) electrons. The number of rotatable bonds is 6. The molecule has 2 aromatic rings. The van der Waals surface area contributed by atoms with E-state index in [9.17, 15) is 9.59 Å². The second-order valence-corrected chi connectivity index (χ2v) is 4.19. The second-order valence-electron chi connectivity index (χ2n) is 4.19. The van der Waals surface area contributed by atoms with Gasteiger partial charge in [0.15, 0.2) is 0 Å². The number of unbranched alkanes of at least 4 members (excludes halogenated alkanes) is 1. The Balaban J connectivity index is 1.68. The first-order valence-electron chi connectivity index (χ1n) is 6.19. The normalized spacial score (nSPS) is 10.3. The molecule has 0 aliphatic heterocycles. The van der Waals surface area contributed by atoms with Crippen molar-refractivity contribution in [2.45, 2.75) is 19.4 Å². The van der Waals surface area contributed by atoms with Crippen LogP contribution in [0.2, 0.25) is 0 Å². The van der Waals surface area contributed by atoms with Gasteiger partial charge in [0.25, 0.3) is 5.91 Å². The fraction of sp³-hybridized carbons (Fsp3) is 0.308. The van der Waals surface area contributed by atoms with E-state index in [2.05, 4.69) is 15.3 Å². The van der Waals surface area contributed by atoms with Crippen LogP contribution in [0.5, 0.6) is 0 Å². The molecule has 0 aliphatic rings. The Kier molecular flexibility index (Phi) is 4.49. The minimum atomic E-state index is -0.271. The zero-order valence-corrected chi connectivity index (χ0v) is 10.5. The minimum Gasteiger partial charge on any atom is -0.351 e. The van der Waals surface area contributed by atoms with Crippen LogP contribution in [-0.4, -0.2) is 27.0 Å². The van der Waals surface area contributed by atoms with Gasteiger partial charge in [-0.1, -0.05) is 6.07 Å². The van der Waals surface area contributed by atoms with Gasteiger partial charge in [-0.2, -0.15) is 0 Å². The molecule has 2 N–H and O–H groups in total. The van der Waals surface area contributed by atoms with Crippen LogP contribution >= 0.6 is 0 Å². The SMILES string of the molecule is O=C(NCCCCn1ccnc1)c1cccc(=O)[nH]1. The summed E-state index contributed by atoms with van der Waals surface area (Å²) < 4.78 is 2.00. The molecular formula is C13H16N4O2. The third-order valence-corrected chi connectivity index (χ3v) is 2.70. The number of amides is 1. The van der Waals surface area contributed by atoms with Crippen molar-refractivity contribution in [3.05, 3.63) is 53.0 Å². The van der Waals surface area contributed by atoms with Crippen LogP contribution in [-0.2, 0) is 6.54 Å². The number of hydrogen-bond donors (Lipinski definition) is 2. The molecule has 6 nitrogen and oxygen atoms in total. The van der Waals surface area contributed by atoms with E-state index in [4.69, 9.17) is 0 Å². The van der Waals surface area contributed by atoms with Crippen LogP contribution in [0.25, 0.3) is 0 Å². The van der Waals surface area contributed by atoms with Crippen LogP contribution < -0.4 is 10.9 Å². The van der Waals surface area contributed by atoms with Gasteiger partial charge in [-0.15, -0.1) is 0 Å². The summed E-state index contributed by atoms with van der Waals surface area (Å²) in [6, 6.07) is 4.52. The predicted molar refractivity (Wildman–Crippen MR) is 70.9 cm³/mol. The molecule has 0 saturated carbocycles. The van der Waals surface area contributed by atoms with Gasteiger partial charge in [0, 0.05) is 31.5 Å². The molecule has 0 aromatic carbocycles. The molecule has 0 atom stereocenters. The summed E-state index contributed by atoms with van der Waals surface area (Å²) >= 11 is 0. The molecule has 0 aliphatic carbocycles. The predicted octanol–water partition coefficient (Wildman–Crippen LogP) is 0.782. The monoisotopic (exact) mass is 260 g/mol. The van der Waals surface area contributed by atoms with Crippen molar-refractivity contribution in [2.75, 3.05) is 6.54 Å². The van der Waals surface area contributed by atoms with E-state index in [0.717, 1.165) is 19.4 Å². The van der Waals surface area contributed by atoms with Gasteiger partial charge in [-0.05, 0) is 18.9 Å². The number of aromatic amines is 1. The lowest BCUT2D eigenvalue weighted by Gasteiger charge is -2.05. The summed E-state index contributed by atoms with van der Waals surface area (Å²) in [6.45, 7) is 1.47. The molecule has 0 bridgehead atoms. The minimum absolute atomic E-state index is 0.250. The molecule has 19 heavy (non-hydrogen) atoms. The van der Waals surface area contributed by atoms with Gasteiger partial charge >= 0.3 is 0 Å². The maximum Gasteiger partial charge on any atom is 0.267 e. The summed E-state index contributed by atoms with van der Waals surface area (Å²) in [5.74, 6) is -0.250. The number of aryl methyl sites for hydroxylation is 1. The Morgan fingerprint density at radius 1 is 1.37 bits per heavy atom. The summed E-state index contributed by atoms with van der Waals surface area (Å²) in [7, 11) is 0. The molecule has 0 saturated heterocycles. The maximum absolute atomic E-state index is 11.7. The number of carbonyl (C=O) groups excluding carboxylic acids is 1. The Labute approximate surface area is 110 Å². The molecule has 0 fully saturated rings. The van der Waals surface area contributed by atoms with Gasteiger partial charge in [0.1, 0.15) is 5.69 Å². The van der Waals surface area contributed by atoms with E-state index in [1.165, 1.54) is 6.07 Å². The fourth-order valence-electron chi connectivity index (χ4n) is 1.72. The van der Waals surface area contributed by atoms with E-state index < -0.39 is 0 Å². The van der Waals surface area contributed by atoms with Gasteiger partial charge in [-0.3, -0.25) is 9.59 Å².